The van der Waals surface area contributed by atoms with Crippen LogP contribution in [0.1, 0.15) is 36.1 Å². The Morgan fingerprint density at radius 3 is 2.67 bits per heavy atom. The van der Waals surface area contributed by atoms with E-state index < -0.39 is 5.82 Å². The molecule has 2 aromatic rings. The van der Waals surface area contributed by atoms with Crippen molar-refractivity contribution >= 4 is 5.69 Å². The topological polar surface area (TPSA) is 56.0 Å². The van der Waals surface area contributed by atoms with Crippen molar-refractivity contribution < 1.29 is 9.50 Å². The zero-order valence-electron chi connectivity index (χ0n) is 12.0. The third kappa shape index (κ3) is 3.14. The van der Waals surface area contributed by atoms with Crippen LogP contribution < -0.4 is 5.32 Å². The number of phenolic OH excluding ortho intramolecular Hbond substituents is 1. The molecule has 0 aliphatic carbocycles. The molecule has 3 nitrogen and oxygen atoms in total. The summed E-state index contributed by atoms with van der Waals surface area (Å²) >= 11 is 0. The smallest absolute Gasteiger partial charge is 0.129 e. The van der Waals surface area contributed by atoms with Crippen LogP contribution in [-0.4, -0.2) is 5.11 Å². The highest BCUT2D eigenvalue weighted by molar-refractivity contribution is 5.57. The van der Waals surface area contributed by atoms with Gasteiger partial charge in [0.15, 0.2) is 0 Å². The number of halogens is 1. The highest BCUT2D eigenvalue weighted by atomic mass is 19.1. The largest absolute Gasteiger partial charge is 0.508 e. The van der Waals surface area contributed by atoms with Gasteiger partial charge in [-0.15, -0.1) is 0 Å². The fourth-order valence-corrected chi connectivity index (χ4v) is 2.26. The molecular formula is C17H17FN2O. The lowest BCUT2D eigenvalue weighted by Gasteiger charge is -2.21. The Morgan fingerprint density at radius 1 is 1.33 bits per heavy atom. The minimum absolute atomic E-state index is 0.154. The number of nitrogens with zero attached hydrogens (tertiary/aromatic N) is 1. The summed E-state index contributed by atoms with van der Waals surface area (Å²) < 4.78 is 13.8. The fraction of sp³-hybridized carbons (Fsp3) is 0.235. The van der Waals surface area contributed by atoms with E-state index in [0.717, 1.165) is 12.0 Å². The Hall–Kier alpha value is -2.54. The van der Waals surface area contributed by atoms with E-state index in [0.29, 0.717) is 11.3 Å². The first-order valence-electron chi connectivity index (χ1n) is 6.81. The summed E-state index contributed by atoms with van der Waals surface area (Å²) in [5, 5.41) is 22.1. The number of anilines is 1. The maximum Gasteiger partial charge on any atom is 0.129 e. The molecule has 0 aromatic heterocycles. The van der Waals surface area contributed by atoms with Crippen LogP contribution >= 0.6 is 0 Å². The highest BCUT2D eigenvalue weighted by Gasteiger charge is 2.15. The molecule has 0 radical (unpaired) electrons. The van der Waals surface area contributed by atoms with Gasteiger partial charge in [-0.1, -0.05) is 25.1 Å². The Kier molecular flexibility index (Phi) is 4.44. The summed E-state index contributed by atoms with van der Waals surface area (Å²) in [6, 6.07) is 11.7. The Bertz CT molecular complexity index is 692. The summed E-state index contributed by atoms with van der Waals surface area (Å²) in [4.78, 5) is 0. The van der Waals surface area contributed by atoms with Gasteiger partial charge in [0.05, 0.1) is 17.7 Å². The van der Waals surface area contributed by atoms with Gasteiger partial charge >= 0.3 is 0 Å². The third-order valence-electron chi connectivity index (χ3n) is 3.52. The fourth-order valence-electron chi connectivity index (χ4n) is 2.26. The first-order chi connectivity index (χ1) is 10.1. The maximum absolute atomic E-state index is 13.8. The van der Waals surface area contributed by atoms with Gasteiger partial charge < -0.3 is 10.4 Å². The number of phenols is 1. The number of hydrogen-bond donors (Lipinski definition) is 2. The summed E-state index contributed by atoms with van der Waals surface area (Å²) in [7, 11) is 0. The molecule has 108 valence electrons. The molecule has 0 saturated carbocycles. The average Bonchev–Trinajstić information content (AvgIpc) is 2.49. The van der Waals surface area contributed by atoms with Crippen LogP contribution in [0.4, 0.5) is 10.1 Å². The van der Waals surface area contributed by atoms with Crippen LogP contribution in [0.25, 0.3) is 0 Å². The molecule has 2 aromatic carbocycles. The number of rotatable bonds is 4. The molecular weight excluding hydrogens is 267 g/mol. The summed E-state index contributed by atoms with van der Waals surface area (Å²) in [6.45, 7) is 3.64. The minimum Gasteiger partial charge on any atom is -0.508 e. The Balaban J connectivity index is 2.38. The quantitative estimate of drug-likeness (QED) is 0.881. The first-order valence-corrected chi connectivity index (χ1v) is 6.81. The first kappa shape index (κ1) is 14.9. The lowest BCUT2D eigenvalue weighted by atomic mass is 10.0. The van der Waals surface area contributed by atoms with Crippen LogP contribution in [0.5, 0.6) is 5.75 Å². The number of hydrogen-bond acceptors (Lipinski definition) is 3. The van der Waals surface area contributed by atoms with Crippen molar-refractivity contribution in [1.29, 1.82) is 5.26 Å². The average molecular weight is 284 g/mol. The van der Waals surface area contributed by atoms with Crippen molar-refractivity contribution in [3.05, 3.63) is 58.9 Å². The normalized spacial score (nSPS) is 11.7. The number of nitriles is 1. The van der Waals surface area contributed by atoms with Gasteiger partial charge in [0, 0.05) is 16.8 Å². The second-order valence-corrected chi connectivity index (χ2v) is 4.91. The van der Waals surface area contributed by atoms with E-state index in [1.165, 1.54) is 6.07 Å². The molecule has 0 heterocycles. The summed E-state index contributed by atoms with van der Waals surface area (Å²) in [6.07, 6.45) is 0.718. The monoisotopic (exact) mass is 284 g/mol. The van der Waals surface area contributed by atoms with Crippen LogP contribution in [0, 0.1) is 24.1 Å². The van der Waals surface area contributed by atoms with Crippen molar-refractivity contribution in [3.63, 3.8) is 0 Å². The van der Waals surface area contributed by atoms with Crippen LogP contribution in [0.3, 0.4) is 0 Å². The second-order valence-electron chi connectivity index (χ2n) is 4.91. The van der Waals surface area contributed by atoms with E-state index in [2.05, 4.69) is 5.32 Å². The van der Waals surface area contributed by atoms with Gasteiger partial charge in [-0.25, -0.2) is 4.39 Å². The molecule has 0 fully saturated rings. The molecule has 4 heteroatoms. The third-order valence-corrected chi connectivity index (χ3v) is 3.52. The van der Waals surface area contributed by atoms with Crippen molar-refractivity contribution in [2.24, 2.45) is 0 Å². The molecule has 0 saturated heterocycles. The molecule has 0 aliphatic rings. The lowest BCUT2D eigenvalue weighted by molar-refractivity contribution is 0.462. The Labute approximate surface area is 123 Å². The zero-order valence-corrected chi connectivity index (χ0v) is 12.0. The van der Waals surface area contributed by atoms with Crippen molar-refractivity contribution in [3.8, 4) is 11.8 Å². The van der Waals surface area contributed by atoms with Crippen LogP contribution in [0.2, 0.25) is 0 Å². The van der Waals surface area contributed by atoms with Crippen molar-refractivity contribution in [1.82, 2.24) is 0 Å². The van der Waals surface area contributed by atoms with Crippen LogP contribution in [-0.2, 0) is 0 Å². The van der Waals surface area contributed by atoms with E-state index in [-0.39, 0.29) is 17.4 Å². The van der Waals surface area contributed by atoms with E-state index in [1.54, 1.807) is 25.1 Å². The highest BCUT2D eigenvalue weighted by Crippen LogP contribution is 2.31. The van der Waals surface area contributed by atoms with E-state index in [9.17, 15) is 9.50 Å². The molecule has 2 rings (SSSR count). The van der Waals surface area contributed by atoms with Gasteiger partial charge in [-0.05, 0) is 31.5 Å². The molecule has 2 N–H and O–H groups in total. The predicted octanol–water partition coefficient (Wildman–Crippen LogP) is 4.27. The van der Waals surface area contributed by atoms with Crippen molar-refractivity contribution in [2.45, 2.75) is 26.3 Å². The van der Waals surface area contributed by atoms with E-state index in [1.807, 2.05) is 25.1 Å². The van der Waals surface area contributed by atoms with Gasteiger partial charge in [0.2, 0.25) is 0 Å². The predicted molar refractivity (Wildman–Crippen MR) is 80.6 cm³/mol. The molecule has 0 amide bonds. The molecule has 1 atom stereocenters. The van der Waals surface area contributed by atoms with Gasteiger partial charge in [-0.2, -0.15) is 5.26 Å². The Morgan fingerprint density at radius 2 is 2.05 bits per heavy atom. The van der Waals surface area contributed by atoms with E-state index in [4.69, 9.17) is 5.26 Å². The van der Waals surface area contributed by atoms with Gasteiger partial charge in [-0.3, -0.25) is 0 Å². The van der Waals surface area contributed by atoms with Gasteiger partial charge in [0.1, 0.15) is 11.6 Å². The standard InChI is InChI=1S/C17H17FN2O/c1-3-15(13-6-4-5-7-17(13)21)20-16-9-12(10-19)8-14(18)11(16)2/h4-9,15,20-21H,3H2,1-2H3. The molecule has 21 heavy (non-hydrogen) atoms. The number of aromatic hydroxyl groups is 1. The zero-order chi connectivity index (χ0) is 15.4. The molecule has 0 spiro atoms. The summed E-state index contributed by atoms with van der Waals surface area (Å²) in [5.74, 6) is -0.213. The van der Waals surface area contributed by atoms with E-state index >= 15 is 0 Å². The summed E-state index contributed by atoms with van der Waals surface area (Å²) in [5.41, 5.74) is 2.06. The second kappa shape index (κ2) is 6.27. The molecule has 0 bridgehead atoms. The van der Waals surface area contributed by atoms with Crippen LogP contribution in [0.15, 0.2) is 36.4 Å². The molecule has 1 unspecified atom stereocenters. The number of nitrogens with one attached hydrogen (secondary N) is 1. The number of para-hydroxylation sites is 1. The SMILES string of the molecule is CCC(Nc1cc(C#N)cc(F)c1C)c1ccccc1O. The molecule has 0 aliphatic heterocycles. The minimum atomic E-state index is -0.413. The van der Waals surface area contributed by atoms with Gasteiger partial charge in [0.25, 0.3) is 0 Å². The lowest BCUT2D eigenvalue weighted by Crippen LogP contribution is -2.11. The van der Waals surface area contributed by atoms with Crippen molar-refractivity contribution in [2.75, 3.05) is 5.32 Å². The number of benzene rings is 2. The maximum atomic E-state index is 13.8.